The minimum atomic E-state index is -0.0578. The van der Waals surface area contributed by atoms with E-state index in [0.29, 0.717) is 25.4 Å². The van der Waals surface area contributed by atoms with E-state index in [4.69, 9.17) is 14.5 Å². The van der Waals surface area contributed by atoms with E-state index in [2.05, 4.69) is 33.0 Å². The third kappa shape index (κ3) is 3.76. The first-order chi connectivity index (χ1) is 14.2. The van der Waals surface area contributed by atoms with Crippen molar-refractivity contribution in [2.45, 2.75) is 31.8 Å². The molecule has 1 aromatic carbocycles. The number of hydrogen-bond donors (Lipinski definition) is 0. The quantitative estimate of drug-likeness (QED) is 0.598. The molecule has 0 aliphatic carbocycles. The van der Waals surface area contributed by atoms with Gasteiger partial charge in [-0.05, 0) is 65.1 Å². The van der Waals surface area contributed by atoms with E-state index in [-0.39, 0.29) is 11.6 Å². The van der Waals surface area contributed by atoms with Crippen molar-refractivity contribution in [3.8, 4) is 11.5 Å². The first-order valence-corrected chi connectivity index (χ1v) is 10.8. The van der Waals surface area contributed by atoms with Gasteiger partial charge >= 0.3 is 0 Å². The second-order valence-corrected chi connectivity index (χ2v) is 8.46. The molecule has 0 N–H and O–H groups in total. The first kappa shape index (κ1) is 18.6. The van der Waals surface area contributed by atoms with E-state index in [1.807, 2.05) is 18.2 Å². The topological polar surface area (TPSA) is 56.1 Å². The van der Waals surface area contributed by atoms with Gasteiger partial charge in [0.05, 0.1) is 18.9 Å². The minimum Gasteiger partial charge on any atom is -0.490 e. The Kier molecular flexibility index (Phi) is 5.01. The zero-order valence-electron chi connectivity index (χ0n) is 16.0. The van der Waals surface area contributed by atoms with Crippen LogP contribution in [0.3, 0.4) is 0 Å². The molecule has 0 saturated carbocycles. The average Bonchev–Trinajstić information content (AvgIpc) is 3.04. The van der Waals surface area contributed by atoms with Crippen LogP contribution in [0.25, 0.3) is 5.65 Å². The SMILES string of the molecule is O=c1cc(CN2CCCC2c2ccc3c(c2)OCCCO3)nc2ccc(Br)cn12. The van der Waals surface area contributed by atoms with Crippen LogP contribution in [0.2, 0.25) is 0 Å². The largest absolute Gasteiger partial charge is 0.490 e. The molecule has 0 spiro atoms. The Balaban J connectivity index is 1.42. The number of ether oxygens (including phenoxy) is 2. The average molecular weight is 456 g/mol. The number of hydrogen-bond acceptors (Lipinski definition) is 5. The maximum atomic E-state index is 12.5. The monoisotopic (exact) mass is 455 g/mol. The van der Waals surface area contributed by atoms with E-state index in [9.17, 15) is 4.79 Å². The number of aromatic nitrogens is 2. The van der Waals surface area contributed by atoms with Crippen molar-refractivity contribution in [1.82, 2.24) is 14.3 Å². The normalized spacial score (nSPS) is 19.4. The highest BCUT2D eigenvalue weighted by atomic mass is 79.9. The first-order valence-electron chi connectivity index (χ1n) is 9.99. The van der Waals surface area contributed by atoms with Crippen molar-refractivity contribution in [1.29, 1.82) is 0 Å². The number of likely N-dealkylation sites (tertiary alicyclic amines) is 1. The lowest BCUT2D eigenvalue weighted by molar-refractivity contribution is 0.244. The highest BCUT2D eigenvalue weighted by molar-refractivity contribution is 9.10. The fourth-order valence-electron chi connectivity index (χ4n) is 4.20. The van der Waals surface area contributed by atoms with Crippen LogP contribution in [0.5, 0.6) is 11.5 Å². The van der Waals surface area contributed by atoms with E-state index in [0.717, 1.165) is 47.5 Å². The Hall–Kier alpha value is -2.38. The van der Waals surface area contributed by atoms with Crippen molar-refractivity contribution >= 4 is 21.6 Å². The third-order valence-corrected chi connectivity index (χ3v) is 6.03. The molecule has 1 fully saturated rings. The van der Waals surface area contributed by atoms with Gasteiger partial charge in [-0.3, -0.25) is 14.1 Å². The third-order valence-electron chi connectivity index (χ3n) is 5.56. The summed E-state index contributed by atoms with van der Waals surface area (Å²) in [5.74, 6) is 1.66. The summed E-state index contributed by atoms with van der Waals surface area (Å²) in [4.78, 5) is 19.6. The zero-order chi connectivity index (χ0) is 19.8. The summed E-state index contributed by atoms with van der Waals surface area (Å²) < 4.78 is 14.1. The van der Waals surface area contributed by atoms with Crippen molar-refractivity contribution in [2.24, 2.45) is 0 Å². The maximum absolute atomic E-state index is 12.5. The van der Waals surface area contributed by atoms with Crippen LogP contribution >= 0.6 is 15.9 Å². The molecule has 150 valence electrons. The van der Waals surface area contributed by atoms with Gasteiger partial charge in [0.15, 0.2) is 11.5 Å². The Morgan fingerprint density at radius 3 is 2.83 bits per heavy atom. The van der Waals surface area contributed by atoms with Gasteiger partial charge in [0.1, 0.15) is 5.65 Å². The summed E-state index contributed by atoms with van der Waals surface area (Å²) in [5, 5.41) is 0. The molecule has 1 unspecified atom stereocenters. The molecule has 4 heterocycles. The molecule has 1 atom stereocenters. The van der Waals surface area contributed by atoms with Crippen LogP contribution in [0.4, 0.5) is 0 Å². The highest BCUT2D eigenvalue weighted by Gasteiger charge is 2.27. The van der Waals surface area contributed by atoms with E-state index >= 15 is 0 Å². The van der Waals surface area contributed by atoms with Crippen LogP contribution in [-0.4, -0.2) is 34.0 Å². The van der Waals surface area contributed by atoms with Crippen molar-refractivity contribution in [3.63, 3.8) is 0 Å². The van der Waals surface area contributed by atoms with Crippen LogP contribution < -0.4 is 15.0 Å². The molecule has 3 aromatic rings. The summed E-state index contributed by atoms with van der Waals surface area (Å²) in [5.41, 5.74) is 2.64. The second-order valence-electron chi connectivity index (χ2n) is 7.55. The molecule has 2 aromatic heterocycles. The molecule has 2 aliphatic heterocycles. The Morgan fingerprint density at radius 1 is 1.07 bits per heavy atom. The minimum absolute atomic E-state index is 0.0578. The van der Waals surface area contributed by atoms with Gasteiger partial charge in [-0.15, -0.1) is 0 Å². The summed E-state index contributed by atoms with van der Waals surface area (Å²) in [7, 11) is 0. The number of pyridine rings is 1. The number of halogens is 1. The van der Waals surface area contributed by atoms with Crippen molar-refractivity contribution in [2.75, 3.05) is 19.8 Å². The lowest BCUT2D eigenvalue weighted by Gasteiger charge is -2.25. The predicted octanol–water partition coefficient (Wildman–Crippen LogP) is 3.96. The van der Waals surface area contributed by atoms with Crippen molar-refractivity contribution < 1.29 is 9.47 Å². The number of benzene rings is 1. The fraction of sp³-hybridized carbons (Fsp3) is 0.364. The van der Waals surface area contributed by atoms with Crippen LogP contribution in [0.1, 0.15) is 36.6 Å². The van der Waals surface area contributed by atoms with Crippen LogP contribution in [-0.2, 0) is 6.54 Å². The smallest absolute Gasteiger partial charge is 0.258 e. The zero-order valence-corrected chi connectivity index (χ0v) is 17.6. The van der Waals surface area contributed by atoms with Gasteiger partial charge in [0.2, 0.25) is 0 Å². The standard InChI is InChI=1S/C22H22BrN3O3/c23-16-5-7-21-24-17(12-22(27)26(21)13-16)14-25-8-1-3-18(25)15-4-6-19-20(11-15)29-10-2-9-28-19/h4-7,11-13,18H,1-3,8-10,14H2. The molecule has 0 radical (unpaired) electrons. The van der Waals surface area contributed by atoms with Crippen molar-refractivity contribution in [3.05, 3.63) is 68.7 Å². The van der Waals surface area contributed by atoms with E-state index in [1.165, 1.54) is 5.56 Å². The number of rotatable bonds is 3. The van der Waals surface area contributed by atoms with E-state index < -0.39 is 0 Å². The molecular formula is C22H22BrN3O3. The van der Waals surface area contributed by atoms with Gasteiger partial charge in [-0.25, -0.2) is 4.98 Å². The summed E-state index contributed by atoms with van der Waals surface area (Å²) >= 11 is 3.41. The number of nitrogens with zero attached hydrogens (tertiary/aromatic N) is 3. The molecule has 5 rings (SSSR count). The van der Waals surface area contributed by atoms with Gasteiger partial charge in [-0.2, -0.15) is 0 Å². The molecular weight excluding hydrogens is 434 g/mol. The maximum Gasteiger partial charge on any atom is 0.258 e. The van der Waals surface area contributed by atoms with Crippen LogP contribution in [0.15, 0.2) is 51.9 Å². The summed E-state index contributed by atoms with van der Waals surface area (Å²) in [6, 6.07) is 12.0. The van der Waals surface area contributed by atoms with Gasteiger partial charge in [-0.1, -0.05) is 6.07 Å². The molecule has 1 saturated heterocycles. The Labute approximate surface area is 177 Å². The summed E-state index contributed by atoms with van der Waals surface area (Å²) in [6.45, 7) is 3.02. The van der Waals surface area contributed by atoms with E-state index in [1.54, 1.807) is 16.7 Å². The predicted molar refractivity (Wildman–Crippen MR) is 114 cm³/mol. The fourth-order valence-corrected chi connectivity index (χ4v) is 4.53. The van der Waals surface area contributed by atoms with Gasteiger partial charge in [0.25, 0.3) is 5.56 Å². The molecule has 2 aliphatic rings. The van der Waals surface area contributed by atoms with Crippen LogP contribution in [0, 0.1) is 0 Å². The molecule has 0 bridgehead atoms. The Bertz CT molecular complexity index is 1110. The van der Waals surface area contributed by atoms with Gasteiger partial charge in [0, 0.05) is 35.7 Å². The molecule has 6 nitrogen and oxygen atoms in total. The molecule has 7 heteroatoms. The van der Waals surface area contributed by atoms with Gasteiger partial charge < -0.3 is 9.47 Å². The summed E-state index contributed by atoms with van der Waals surface area (Å²) in [6.07, 6.45) is 4.86. The second kappa shape index (κ2) is 7.80. The lowest BCUT2D eigenvalue weighted by Crippen LogP contribution is -2.25. The Morgan fingerprint density at radius 2 is 1.93 bits per heavy atom. The molecule has 29 heavy (non-hydrogen) atoms. The lowest BCUT2D eigenvalue weighted by atomic mass is 10.0. The number of fused-ring (bicyclic) bond motifs is 2. The molecule has 0 amide bonds. The highest BCUT2D eigenvalue weighted by Crippen LogP contribution is 2.38.